The van der Waals surface area contributed by atoms with Crippen LogP contribution in [0.5, 0.6) is 5.75 Å². The minimum atomic E-state index is -5.36. The fourth-order valence-corrected chi connectivity index (χ4v) is 2.15. The SMILES string of the molecule is CCOC(=O)c1c(C(F)(F)F)nc(C(F)(F)Cl)c(C(=O)OC)c1OC(C)C. The van der Waals surface area contributed by atoms with Gasteiger partial charge in [0.25, 0.3) is 0 Å². The van der Waals surface area contributed by atoms with Crippen LogP contribution in [-0.2, 0) is 21.0 Å². The van der Waals surface area contributed by atoms with E-state index in [0.29, 0.717) is 0 Å². The first-order valence-electron chi connectivity index (χ1n) is 7.40. The fraction of sp³-hybridized carbons (Fsp3) is 0.533. The molecule has 0 saturated heterocycles. The van der Waals surface area contributed by atoms with Crippen LogP contribution in [-0.4, -0.2) is 36.7 Å². The van der Waals surface area contributed by atoms with Gasteiger partial charge in [-0.3, -0.25) is 0 Å². The van der Waals surface area contributed by atoms with Crippen molar-refractivity contribution in [1.29, 1.82) is 0 Å². The highest BCUT2D eigenvalue weighted by atomic mass is 35.5. The topological polar surface area (TPSA) is 74.7 Å². The molecular weight excluding hydrogens is 405 g/mol. The minimum Gasteiger partial charge on any atom is -0.489 e. The van der Waals surface area contributed by atoms with Crippen molar-refractivity contribution < 1.29 is 45.8 Å². The third-order valence-corrected chi connectivity index (χ3v) is 3.09. The Morgan fingerprint density at radius 1 is 1.07 bits per heavy atom. The van der Waals surface area contributed by atoms with Gasteiger partial charge in [0.05, 0.1) is 19.8 Å². The average molecular weight is 420 g/mol. The number of alkyl halides is 6. The predicted octanol–water partition coefficient (Wildman–Crippen LogP) is 4.14. The van der Waals surface area contributed by atoms with E-state index in [1.165, 1.54) is 20.8 Å². The Morgan fingerprint density at radius 3 is 1.96 bits per heavy atom. The van der Waals surface area contributed by atoms with Crippen LogP contribution in [0.15, 0.2) is 0 Å². The molecule has 0 spiro atoms. The maximum atomic E-state index is 13.7. The van der Waals surface area contributed by atoms with Crippen molar-refractivity contribution in [2.24, 2.45) is 0 Å². The first kappa shape index (κ1) is 22.9. The number of carbonyl (C=O) groups is 2. The van der Waals surface area contributed by atoms with E-state index in [2.05, 4.69) is 14.5 Å². The Hall–Kier alpha value is -2.17. The van der Waals surface area contributed by atoms with E-state index in [0.717, 1.165) is 7.11 Å². The minimum absolute atomic E-state index is 0.335. The molecule has 0 unspecified atom stereocenters. The molecule has 1 aromatic heterocycles. The zero-order valence-corrected chi connectivity index (χ0v) is 15.3. The molecule has 1 heterocycles. The summed E-state index contributed by atoms with van der Waals surface area (Å²) in [6.07, 6.45) is -6.27. The van der Waals surface area contributed by atoms with Crippen LogP contribution in [0, 0.1) is 0 Å². The summed E-state index contributed by atoms with van der Waals surface area (Å²) < 4.78 is 81.7. The van der Waals surface area contributed by atoms with Gasteiger partial charge in [-0.15, -0.1) is 0 Å². The van der Waals surface area contributed by atoms with E-state index < -0.39 is 57.9 Å². The summed E-state index contributed by atoms with van der Waals surface area (Å²) in [6.45, 7) is 3.65. The molecule has 0 aliphatic rings. The first-order valence-corrected chi connectivity index (χ1v) is 7.77. The summed E-state index contributed by atoms with van der Waals surface area (Å²) in [5.74, 6) is -4.19. The van der Waals surface area contributed by atoms with Gasteiger partial charge in [-0.2, -0.15) is 22.0 Å². The van der Waals surface area contributed by atoms with Gasteiger partial charge in [-0.25, -0.2) is 14.6 Å². The molecular formula is C15H15ClF5NO5. The summed E-state index contributed by atoms with van der Waals surface area (Å²) in [5.41, 5.74) is -6.32. The number of carbonyl (C=O) groups excluding carboxylic acids is 2. The molecule has 152 valence electrons. The van der Waals surface area contributed by atoms with Crippen LogP contribution in [0.1, 0.15) is 52.9 Å². The van der Waals surface area contributed by atoms with Gasteiger partial charge in [0.1, 0.15) is 16.8 Å². The number of pyridine rings is 1. The fourth-order valence-electron chi connectivity index (χ4n) is 2.01. The molecule has 0 N–H and O–H groups in total. The molecule has 0 radical (unpaired) electrons. The molecule has 0 bridgehead atoms. The van der Waals surface area contributed by atoms with E-state index in [1.54, 1.807) is 0 Å². The normalized spacial score (nSPS) is 12.1. The van der Waals surface area contributed by atoms with Crippen molar-refractivity contribution in [2.45, 2.75) is 38.4 Å². The number of halogens is 6. The van der Waals surface area contributed by atoms with Crippen LogP contribution >= 0.6 is 11.6 Å². The summed E-state index contributed by atoms with van der Waals surface area (Å²) in [6, 6.07) is 0. The van der Waals surface area contributed by atoms with E-state index in [4.69, 9.17) is 16.3 Å². The molecule has 0 amide bonds. The molecule has 0 fully saturated rings. The highest BCUT2D eigenvalue weighted by Crippen LogP contribution is 2.44. The summed E-state index contributed by atoms with van der Waals surface area (Å²) >= 11 is 4.85. The first-order chi connectivity index (χ1) is 12.3. The monoisotopic (exact) mass is 419 g/mol. The van der Waals surface area contributed by atoms with Crippen LogP contribution < -0.4 is 4.74 Å². The molecule has 0 aliphatic heterocycles. The molecule has 0 atom stereocenters. The van der Waals surface area contributed by atoms with E-state index in [1.807, 2.05) is 0 Å². The highest BCUT2D eigenvalue weighted by Gasteiger charge is 2.47. The largest absolute Gasteiger partial charge is 0.489 e. The van der Waals surface area contributed by atoms with E-state index >= 15 is 0 Å². The van der Waals surface area contributed by atoms with Gasteiger partial charge in [0.15, 0.2) is 11.4 Å². The van der Waals surface area contributed by atoms with Crippen LogP contribution in [0.25, 0.3) is 0 Å². The van der Waals surface area contributed by atoms with Crippen LogP contribution in [0.4, 0.5) is 22.0 Å². The number of aromatic nitrogens is 1. The third kappa shape index (κ3) is 5.18. The van der Waals surface area contributed by atoms with E-state index in [-0.39, 0.29) is 6.61 Å². The molecule has 6 nitrogen and oxygen atoms in total. The van der Waals surface area contributed by atoms with Gasteiger partial charge >= 0.3 is 23.5 Å². The van der Waals surface area contributed by atoms with Crippen molar-refractivity contribution >= 4 is 23.5 Å². The Morgan fingerprint density at radius 2 is 1.59 bits per heavy atom. The Bertz CT molecular complexity index is 731. The van der Waals surface area contributed by atoms with Crippen molar-refractivity contribution in [2.75, 3.05) is 13.7 Å². The van der Waals surface area contributed by atoms with Crippen molar-refractivity contribution in [3.8, 4) is 5.75 Å². The lowest BCUT2D eigenvalue weighted by atomic mass is 10.0. The van der Waals surface area contributed by atoms with E-state index in [9.17, 15) is 31.5 Å². The number of nitrogens with zero attached hydrogens (tertiary/aromatic N) is 1. The van der Waals surface area contributed by atoms with Crippen molar-refractivity contribution in [3.05, 3.63) is 22.5 Å². The lowest BCUT2D eigenvalue weighted by Gasteiger charge is -2.23. The smallest absolute Gasteiger partial charge is 0.434 e. The van der Waals surface area contributed by atoms with Gasteiger partial charge in [0, 0.05) is 0 Å². The van der Waals surface area contributed by atoms with Crippen molar-refractivity contribution in [3.63, 3.8) is 0 Å². The lowest BCUT2D eigenvalue weighted by Crippen LogP contribution is -2.27. The molecule has 1 rings (SSSR count). The highest BCUT2D eigenvalue weighted by molar-refractivity contribution is 6.22. The maximum absolute atomic E-state index is 13.7. The zero-order valence-electron chi connectivity index (χ0n) is 14.5. The van der Waals surface area contributed by atoms with Crippen LogP contribution in [0.3, 0.4) is 0 Å². The lowest BCUT2D eigenvalue weighted by molar-refractivity contribution is -0.142. The van der Waals surface area contributed by atoms with Crippen molar-refractivity contribution in [1.82, 2.24) is 4.98 Å². The van der Waals surface area contributed by atoms with Gasteiger partial charge in [-0.05, 0) is 32.4 Å². The molecule has 27 heavy (non-hydrogen) atoms. The summed E-state index contributed by atoms with van der Waals surface area (Å²) in [5, 5.41) is -4.49. The Labute approximate surface area is 155 Å². The molecule has 0 aromatic carbocycles. The van der Waals surface area contributed by atoms with Gasteiger partial charge < -0.3 is 14.2 Å². The average Bonchev–Trinajstić information content (AvgIpc) is 2.50. The number of rotatable bonds is 6. The second-order valence-electron chi connectivity index (χ2n) is 5.26. The molecule has 0 aliphatic carbocycles. The predicted molar refractivity (Wildman–Crippen MR) is 82.0 cm³/mol. The molecule has 12 heteroatoms. The number of hydrogen-bond acceptors (Lipinski definition) is 6. The summed E-state index contributed by atoms with van der Waals surface area (Å²) in [7, 11) is 0.791. The zero-order chi connectivity index (χ0) is 21.2. The summed E-state index contributed by atoms with van der Waals surface area (Å²) in [4.78, 5) is 26.9. The number of ether oxygens (including phenoxy) is 3. The number of hydrogen-bond donors (Lipinski definition) is 0. The molecule has 0 saturated carbocycles. The maximum Gasteiger partial charge on any atom is 0.434 e. The van der Waals surface area contributed by atoms with Crippen LogP contribution in [0.2, 0.25) is 0 Å². The number of methoxy groups -OCH3 is 1. The Kier molecular flexibility index (Phi) is 6.98. The second kappa shape index (κ2) is 8.24. The quantitative estimate of drug-likeness (QED) is 0.392. The second-order valence-corrected chi connectivity index (χ2v) is 5.74. The van der Waals surface area contributed by atoms with Gasteiger partial charge in [-0.1, -0.05) is 0 Å². The third-order valence-electron chi connectivity index (χ3n) is 2.91. The number of esters is 2. The standard InChI is InChI=1S/C15H15ClF5NO5/c1-5-26-13(24)8-9(27-6(2)3)7(12(23)25-4)10(14(16,17)18)22-11(8)15(19,20)21/h6H,5H2,1-4H3. The van der Waals surface area contributed by atoms with Gasteiger partial charge in [0.2, 0.25) is 0 Å². The molecule has 1 aromatic rings. The Balaban J connectivity index is 4.13.